The molecule has 2 aliphatic rings. The highest BCUT2D eigenvalue weighted by Gasteiger charge is 2.24. The van der Waals surface area contributed by atoms with Crippen LogP contribution >= 0.6 is 11.3 Å². The third-order valence-corrected chi connectivity index (χ3v) is 6.55. The Kier molecular flexibility index (Phi) is 7.03. The molecule has 1 aliphatic heterocycles. The van der Waals surface area contributed by atoms with Gasteiger partial charge in [-0.1, -0.05) is 25.0 Å². The van der Waals surface area contributed by atoms with E-state index in [1.807, 2.05) is 31.2 Å². The lowest BCUT2D eigenvalue weighted by molar-refractivity contribution is -0.117. The van der Waals surface area contributed by atoms with Crippen molar-refractivity contribution in [3.05, 3.63) is 34.8 Å². The van der Waals surface area contributed by atoms with E-state index in [9.17, 15) is 9.59 Å². The molecular formula is C22H29N5O3S. The van der Waals surface area contributed by atoms with E-state index in [-0.39, 0.29) is 18.0 Å². The molecule has 1 fully saturated rings. The minimum absolute atomic E-state index is 0.0746. The van der Waals surface area contributed by atoms with Crippen LogP contribution in [-0.4, -0.2) is 47.6 Å². The fourth-order valence-electron chi connectivity index (χ4n) is 4.07. The Hall–Kier alpha value is -2.65. The highest BCUT2D eigenvalue weighted by molar-refractivity contribution is 7.15. The normalized spacial score (nSPS) is 16.5. The largest absolute Gasteiger partial charge is 0.492 e. The first-order valence-corrected chi connectivity index (χ1v) is 11.7. The molecule has 31 heavy (non-hydrogen) atoms. The number of hydrogen-bond acceptors (Lipinski definition) is 6. The third kappa shape index (κ3) is 5.74. The number of urea groups is 1. The topological polar surface area (TPSA) is 95.6 Å². The summed E-state index contributed by atoms with van der Waals surface area (Å²) >= 11 is 1.49. The van der Waals surface area contributed by atoms with Crippen molar-refractivity contribution in [2.45, 2.75) is 51.6 Å². The van der Waals surface area contributed by atoms with Gasteiger partial charge >= 0.3 is 6.03 Å². The van der Waals surface area contributed by atoms with Crippen LogP contribution in [0.15, 0.2) is 24.3 Å². The van der Waals surface area contributed by atoms with E-state index in [1.54, 1.807) is 0 Å². The van der Waals surface area contributed by atoms with E-state index in [4.69, 9.17) is 4.74 Å². The van der Waals surface area contributed by atoms with E-state index in [2.05, 4.69) is 25.8 Å². The maximum atomic E-state index is 12.6. The van der Waals surface area contributed by atoms with Crippen LogP contribution in [0.25, 0.3) is 0 Å². The number of rotatable bonds is 7. The molecule has 0 unspecified atom stereocenters. The van der Waals surface area contributed by atoms with E-state index < -0.39 is 0 Å². The molecule has 0 bridgehead atoms. The Bertz CT molecular complexity index is 926. The Morgan fingerprint density at radius 2 is 2.03 bits per heavy atom. The van der Waals surface area contributed by atoms with Crippen LogP contribution in [-0.2, 0) is 17.8 Å². The first-order valence-electron chi connectivity index (χ1n) is 10.9. The fraction of sp³-hybridized carbons (Fsp3) is 0.500. The third-order valence-electron chi connectivity index (χ3n) is 5.55. The maximum absolute atomic E-state index is 12.6. The number of benzene rings is 1. The second-order valence-electron chi connectivity index (χ2n) is 7.91. The van der Waals surface area contributed by atoms with Crippen LogP contribution in [0.5, 0.6) is 5.75 Å². The molecule has 166 valence electrons. The van der Waals surface area contributed by atoms with Gasteiger partial charge in [-0.3, -0.25) is 15.0 Å². The highest BCUT2D eigenvalue weighted by Crippen LogP contribution is 2.29. The summed E-state index contributed by atoms with van der Waals surface area (Å²) in [4.78, 5) is 32.6. The van der Waals surface area contributed by atoms with Crippen LogP contribution in [0.2, 0.25) is 0 Å². The molecule has 9 heteroatoms. The molecular weight excluding hydrogens is 414 g/mol. The number of amides is 3. The van der Waals surface area contributed by atoms with Crippen molar-refractivity contribution >= 4 is 34.1 Å². The highest BCUT2D eigenvalue weighted by atomic mass is 32.1. The number of hydrogen-bond donors (Lipinski definition) is 3. The molecule has 8 nitrogen and oxygen atoms in total. The van der Waals surface area contributed by atoms with Gasteiger partial charge in [0.05, 0.1) is 24.5 Å². The summed E-state index contributed by atoms with van der Waals surface area (Å²) in [5.74, 6) is 0.600. The predicted molar refractivity (Wildman–Crippen MR) is 122 cm³/mol. The quantitative estimate of drug-likeness (QED) is 0.608. The van der Waals surface area contributed by atoms with E-state index >= 15 is 0 Å². The SMILES string of the molecule is CCOc1ccccc1NC(=O)CN1CCc2nc(NC(=O)NC3CCCC3)sc2C1. The van der Waals surface area contributed by atoms with Gasteiger partial charge in [-0.15, -0.1) is 11.3 Å². The Balaban J connectivity index is 1.29. The monoisotopic (exact) mass is 443 g/mol. The summed E-state index contributed by atoms with van der Waals surface area (Å²) < 4.78 is 5.58. The van der Waals surface area contributed by atoms with Gasteiger partial charge in [-0.05, 0) is 31.9 Å². The minimum Gasteiger partial charge on any atom is -0.492 e. The summed E-state index contributed by atoms with van der Waals surface area (Å²) in [6.45, 7) is 4.16. The first-order chi connectivity index (χ1) is 15.1. The molecule has 1 saturated carbocycles. The molecule has 0 saturated heterocycles. The summed E-state index contributed by atoms with van der Waals surface area (Å²) in [7, 11) is 0. The van der Waals surface area contributed by atoms with Crippen molar-refractivity contribution in [2.24, 2.45) is 0 Å². The number of aromatic nitrogens is 1. The number of carbonyl (C=O) groups excluding carboxylic acids is 2. The average Bonchev–Trinajstić information content (AvgIpc) is 3.38. The number of carbonyl (C=O) groups is 2. The number of ether oxygens (including phenoxy) is 1. The molecule has 2 aromatic rings. The van der Waals surface area contributed by atoms with Crippen LogP contribution in [0.3, 0.4) is 0 Å². The molecule has 3 N–H and O–H groups in total. The number of anilines is 2. The maximum Gasteiger partial charge on any atom is 0.321 e. The van der Waals surface area contributed by atoms with Crippen molar-refractivity contribution in [3.63, 3.8) is 0 Å². The minimum atomic E-state index is -0.179. The molecule has 0 spiro atoms. The Labute approximate surface area is 186 Å². The van der Waals surface area contributed by atoms with Crippen LogP contribution in [0.4, 0.5) is 15.6 Å². The standard InChI is InChI=1S/C22H29N5O3S/c1-2-30-18-10-6-5-9-16(18)24-20(28)14-27-12-11-17-19(13-27)31-22(25-17)26-21(29)23-15-7-3-4-8-15/h5-6,9-10,15H,2-4,7-8,11-14H2,1H3,(H,24,28)(H2,23,25,26,29). The van der Waals surface area contributed by atoms with Gasteiger partial charge in [0.15, 0.2) is 5.13 Å². The van der Waals surface area contributed by atoms with Crippen molar-refractivity contribution in [3.8, 4) is 5.75 Å². The second-order valence-corrected chi connectivity index (χ2v) is 8.99. The molecule has 1 aromatic carbocycles. The van der Waals surface area contributed by atoms with Gasteiger partial charge in [0.25, 0.3) is 0 Å². The summed E-state index contributed by atoms with van der Waals surface area (Å²) in [6.07, 6.45) is 5.22. The molecule has 3 amide bonds. The molecule has 0 radical (unpaired) electrons. The lowest BCUT2D eigenvalue weighted by Gasteiger charge is -2.25. The van der Waals surface area contributed by atoms with E-state index in [0.717, 1.165) is 36.4 Å². The fourth-order valence-corrected chi connectivity index (χ4v) is 5.12. The molecule has 4 rings (SSSR count). The van der Waals surface area contributed by atoms with Gasteiger partial charge < -0.3 is 15.4 Å². The summed E-state index contributed by atoms with van der Waals surface area (Å²) in [5, 5.41) is 9.47. The zero-order valence-corrected chi connectivity index (χ0v) is 18.6. The smallest absolute Gasteiger partial charge is 0.321 e. The van der Waals surface area contributed by atoms with Gasteiger partial charge in [0.2, 0.25) is 5.91 Å². The Morgan fingerprint density at radius 3 is 2.84 bits per heavy atom. The summed E-state index contributed by atoms with van der Waals surface area (Å²) in [5.41, 5.74) is 1.70. The lowest BCUT2D eigenvalue weighted by Crippen LogP contribution is -2.36. The van der Waals surface area contributed by atoms with Gasteiger partial charge in [0, 0.05) is 30.4 Å². The second kappa shape index (κ2) is 10.1. The number of nitrogens with zero attached hydrogens (tertiary/aromatic N) is 2. The van der Waals surface area contributed by atoms with Crippen molar-refractivity contribution < 1.29 is 14.3 Å². The first kappa shape index (κ1) is 21.6. The van der Waals surface area contributed by atoms with Crippen LogP contribution in [0.1, 0.15) is 43.2 Å². The predicted octanol–water partition coefficient (Wildman–Crippen LogP) is 3.60. The van der Waals surface area contributed by atoms with E-state index in [1.165, 1.54) is 24.2 Å². The van der Waals surface area contributed by atoms with Gasteiger partial charge in [0.1, 0.15) is 5.75 Å². The van der Waals surface area contributed by atoms with Crippen molar-refractivity contribution in [1.82, 2.24) is 15.2 Å². The Morgan fingerprint density at radius 1 is 1.23 bits per heavy atom. The van der Waals surface area contributed by atoms with Crippen LogP contribution in [0, 0.1) is 0 Å². The number of para-hydroxylation sites is 2. The van der Waals surface area contributed by atoms with Crippen molar-refractivity contribution in [2.75, 3.05) is 30.3 Å². The van der Waals surface area contributed by atoms with Gasteiger partial charge in [-0.2, -0.15) is 0 Å². The van der Waals surface area contributed by atoms with Crippen LogP contribution < -0.4 is 20.7 Å². The molecule has 0 atom stereocenters. The van der Waals surface area contributed by atoms with E-state index in [0.29, 0.717) is 36.3 Å². The average molecular weight is 444 g/mol. The number of nitrogens with one attached hydrogen (secondary N) is 3. The summed E-state index contributed by atoms with van der Waals surface area (Å²) in [6, 6.07) is 7.55. The molecule has 2 heterocycles. The van der Waals surface area contributed by atoms with Gasteiger partial charge in [-0.25, -0.2) is 9.78 Å². The lowest BCUT2D eigenvalue weighted by atomic mass is 10.2. The number of fused-ring (bicyclic) bond motifs is 1. The molecule has 1 aromatic heterocycles. The zero-order chi connectivity index (χ0) is 21.6. The number of thiazole rings is 1. The molecule has 1 aliphatic carbocycles. The zero-order valence-electron chi connectivity index (χ0n) is 17.8. The van der Waals surface area contributed by atoms with Crippen molar-refractivity contribution in [1.29, 1.82) is 0 Å².